The van der Waals surface area contributed by atoms with Gasteiger partial charge >= 0.3 is 11.9 Å². The molecule has 1 aromatic heterocycles. The summed E-state index contributed by atoms with van der Waals surface area (Å²) in [6.45, 7) is 8.11. The molecule has 69 heavy (non-hydrogen) atoms. The zero-order valence-electron chi connectivity index (χ0n) is 38.7. The van der Waals surface area contributed by atoms with Gasteiger partial charge in [0.15, 0.2) is 16.9 Å². The number of nitrogens with zero attached hydrogens (tertiary/aromatic N) is 3. The van der Waals surface area contributed by atoms with Crippen LogP contribution in [0.2, 0.25) is 0 Å². The minimum atomic E-state index is -1.66. The summed E-state index contributed by atoms with van der Waals surface area (Å²) in [4.78, 5) is 80.6. The first-order valence-electron chi connectivity index (χ1n) is 22.3. The number of rotatable bonds is 17. The molecule has 1 saturated heterocycles. The number of nitrogens with one attached hydrogen (secondary N) is 2. The summed E-state index contributed by atoms with van der Waals surface area (Å²) in [5, 5.41) is 12.1. The summed E-state index contributed by atoms with van der Waals surface area (Å²) >= 11 is 2.52. The van der Waals surface area contributed by atoms with Crippen molar-refractivity contribution in [2.75, 3.05) is 11.1 Å². The van der Waals surface area contributed by atoms with Crippen molar-refractivity contribution in [3.63, 3.8) is 0 Å². The van der Waals surface area contributed by atoms with Gasteiger partial charge in [0.05, 0.1) is 0 Å². The molecule has 15 heteroatoms. The van der Waals surface area contributed by atoms with E-state index in [2.05, 4.69) is 15.8 Å². The highest BCUT2D eigenvalue weighted by Gasteiger charge is 2.55. The number of aldehydes is 1. The number of hydrogen-bond acceptors (Lipinski definition) is 13. The summed E-state index contributed by atoms with van der Waals surface area (Å²) < 4.78 is 11.8. The van der Waals surface area contributed by atoms with Gasteiger partial charge < -0.3 is 29.7 Å². The van der Waals surface area contributed by atoms with Gasteiger partial charge in [0, 0.05) is 17.6 Å². The molecule has 3 heterocycles. The van der Waals surface area contributed by atoms with E-state index in [0.29, 0.717) is 28.1 Å². The summed E-state index contributed by atoms with van der Waals surface area (Å²) in [7, 11) is 0. The molecule has 2 N–H and O–H groups in total. The number of fused-ring (bicyclic) bond motifs is 1. The zero-order valence-corrected chi connectivity index (χ0v) is 40.3. The topological polar surface area (TPSA) is 166 Å². The Morgan fingerprint density at radius 1 is 0.783 bits per heavy atom. The molecule has 0 aliphatic carbocycles. The number of thioether (sulfide) groups is 1. The van der Waals surface area contributed by atoms with Gasteiger partial charge in [-0.05, 0) is 68.0 Å². The summed E-state index contributed by atoms with van der Waals surface area (Å²) in [6.07, 6.45) is -0.237. The number of anilines is 1. The van der Waals surface area contributed by atoms with Crippen LogP contribution in [0.5, 0.6) is 0 Å². The first kappa shape index (κ1) is 48.1. The molecule has 0 spiro atoms. The predicted octanol–water partition coefficient (Wildman–Crippen LogP) is 8.96. The van der Waals surface area contributed by atoms with Gasteiger partial charge in [-0.2, -0.15) is 0 Å². The van der Waals surface area contributed by atoms with Crippen LogP contribution in [0.3, 0.4) is 0 Å². The number of aromatic nitrogens is 1. The van der Waals surface area contributed by atoms with Gasteiger partial charge in [-0.3, -0.25) is 14.5 Å². The molecule has 0 bridgehead atoms. The molecule has 8 rings (SSSR count). The number of carbonyl (C=O) groups excluding carboxylic acids is 5. The third-order valence-electron chi connectivity index (χ3n) is 11.4. The Morgan fingerprint density at radius 2 is 1.29 bits per heavy atom. The second-order valence-electron chi connectivity index (χ2n) is 17.8. The lowest BCUT2D eigenvalue weighted by atomic mass is 9.77. The van der Waals surface area contributed by atoms with E-state index in [-0.39, 0.29) is 29.3 Å². The Bertz CT molecular complexity index is 2730. The molecular weight excluding hydrogens is 911 g/mol. The van der Waals surface area contributed by atoms with Crippen molar-refractivity contribution in [3.8, 4) is 0 Å². The Hall–Kier alpha value is -7.36. The number of thiazole rings is 1. The van der Waals surface area contributed by atoms with Crippen LogP contribution in [0.25, 0.3) is 0 Å². The van der Waals surface area contributed by atoms with E-state index in [1.807, 2.05) is 152 Å². The molecule has 5 aromatic carbocycles. The van der Waals surface area contributed by atoms with Crippen molar-refractivity contribution in [1.82, 2.24) is 15.2 Å². The van der Waals surface area contributed by atoms with E-state index in [0.717, 1.165) is 16.7 Å². The molecule has 2 aliphatic rings. The van der Waals surface area contributed by atoms with Gasteiger partial charge in [0.2, 0.25) is 5.60 Å². The first-order chi connectivity index (χ1) is 33.2. The number of amides is 2. The molecule has 2 unspecified atom stereocenters. The fraction of sp³-hybridized carbons (Fsp3) is 0.241. The van der Waals surface area contributed by atoms with Crippen LogP contribution in [-0.4, -0.2) is 74.0 Å². The SMILES string of the molecule is CC(C)(C)OC(=O)C(C)(C)O/N=C(/C(=O)NC1C(=O)N2C(C(=O)OC(c3ccccc3)c3ccccc3)=C(CC=O)CSC12)c1csc(NC(c2ccccc2)(c2ccccc2)c2ccccc2)n1. The van der Waals surface area contributed by atoms with Gasteiger partial charge in [0.25, 0.3) is 11.8 Å². The van der Waals surface area contributed by atoms with Crippen molar-refractivity contribution in [3.05, 3.63) is 202 Å². The number of oxime groups is 1. The zero-order chi connectivity index (χ0) is 48.8. The average Bonchev–Trinajstić information content (AvgIpc) is 3.82. The van der Waals surface area contributed by atoms with Crippen molar-refractivity contribution in [2.45, 2.75) is 75.3 Å². The molecule has 13 nitrogen and oxygen atoms in total. The predicted molar refractivity (Wildman–Crippen MR) is 266 cm³/mol. The molecular formula is C54H51N5O8S2. The van der Waals surface area contributed by atoms with E-state index in [1.54, 1.807) is 26.2 Å². The number of esters is 2. The fourth-order valence-electron chi connectivity index (χ4n) is 8.07. The second-order valence-corrected chi connectivity index (χ2v) is 19.8. The number of benzene rings is 5. The van der Waals surface area contributed by atoms with Crippen LogP contribution in [0.4, 0.5) is 5.13 Å². The Kier molecular flexibility index (Phi) is 14.3. The van der Waals surface area contributed by atoms with Crippen molar-refractivity contribution in [2.24, 2.45) is 5.16 Å². The lowest BCUT2D eigenvalue weighted by Gasteiger charge is -2.49. The highest BCUT2D eigenvalue weighted by Crippen LogP contribution is 2.43. The minimum Gasteiger partial charge on any atom is -0.457 e. The average molecular weight is 962 g/mol. The quantitative estimate of drug-likeness (QED) is 0.0224. The van der Waals surface area contributed by atoms with Crippen molar-refractivity contribution >= 4 is 64.0 Å². The monoisotopic (exact) mass is 961 g/mol. The highest BCUT2D eigenvalue weighted by atomic mass is 32.2. The maximum absolute atomic E-state index is 14.7. The van der Waals surface area contributed by atoms with E-state index in [4.69, 9.17) is 19.3 Å². The van der Waals surface area contributed by atoms with Crippen LogP contribution >= 0.6 is 23.1 Å². The molecule has 2 atom stereocenters. The largest absolute Gasteiger partial charge is 0.457 e. The Morgan fingerprint density at radius 3 is 1.78 bits per heavy atom. The smallest absolute Gasteiger partial charge is 0.356 e. The maximum Gasteiger partial charge on any atom is 0.356 e. The van der Waals surface area contributed by atoms with Gasteiger partial charge in [-0.1, -0.05) is 157 Å². The van der Waals surface area contributed by atoms with E-state index >= 15 is 0 Å². The van der Waals surface area contributed by atoms with Crippen molar-refractivity contribution < 1.29 is 38.3 Å². The standard InChI is InChI=1S/C54H51N5O8S2/c1-52(2,3)66-50(64)53(4,5)67-58-42(41-34-69-51(55-41)57-54(38-25-15-8-16-26-38,39-27-17-9-18-28-39)40-29-19-10-20-30-40)46(61)56-43-47(62)59-44(37(31-32-60)33-68-48(43)59)49(63)65-45(35-21-11-6-12-22-35)36-23-13-7-14-24-36/h6-30,32,34,43,45,48H,31,33H2,1-5H3,(H,55,57)(H,56,61)/b58-42+. The van der Waals surface area contributed by atoms with E-state index in [1.165, 1.54) is 41.8 Å². The molecule has 0 saturated carbocycles. The molecule has 2 aliphatic heterocycles. The summed E-state index contributed by atoms with van der Waals surface area (Å²) in [6, 6.07) is 47.2. The normalized spacial score (nSPS) is 16.2. The van der Waals surface area contributed by atoms with Crippen LogP contribution in [0.15, 0.2) is 173 Å². The highest BCUT2D eigenvalue weighted by molar-refractivity contribution is 8.00. The van der Waals surface area contributed by atoms with Crippen LogP contribution < -0.4 is 10.6 Å². The lowest BCUT2D eigenvalue weighted by Crippen LogP contribution is -2.71. The number of β-lactam (4-membered cyclic amide) rings is 1. The summed E-state index contributed by atoms with van der Waals surface area (Å²) in [5.74, 6) is -2.72. The minimum absolute atomic E-state index is 0.0384. The van der Waals surface area contributed by atoms with Crippen molar-refractivity contribution in [1.29, 1.82) is 0 Å². The molecule has 0 radical (unpaired) electrons. The van der Waals surface area contributed by atoms with E-state index < -0.39 is 58.0 Å². The fourth-order valence-corrected chi connectivity index (χ4v) is 10.2. The Labute approximate surface area is 409 Å². The molecule has 2 amide bonds. The number of ether oxygens (including phenoxy) is 2. The van der Waals surface area contributed by atoms with Gasteiger partial charge in [-0.25, -0.2) is 14.6 Å². The maximum atomic E-state index is 14.7. The molecule has 6 aromatic rings. The van der Waals surface area contributed by atoms with Crippen LogP contribution in [0, 0.1) is 0 Å². The van der Waals surface area contributed by atoms with Crippen LogP contribution in [-0.2, 0) is 43.8 Å². The second kappa shape index (κ2) is 20.5. The van der Waals surface area contributed by atoms with Gasteiger partial charge in [0.1, 0.15) is 40.2 Å². The van der Waals surface area contributed by atoms with E-state index in [9.17, 15) is 24.0 Å². The Balaban J connectivity index is 1.11. The number of carbonyl (C=O) groups is 5. The third-order valence-corrected chi connectivity index (χ3v) is 13.5. The third kappa shape index (κ3) is 10.4. The molecule has 352 valence electrons. The lowest BCUT2D eigenvalue weighted by molar-refractivity contribution is -0.179. The van der Waals surface area contributed by atoms with Crippen LogP contribution in [0.1, 0.15) is 80.7 Å². The first-order valence-corrected chi connectivity index (χ1v) is 24.3. The summed E-state index contributed by atoms with van der Waals surface area (Å²) in [5.41, 5.74) is 0.908. The number of hydrogen-bond donors (Lipinski definition) is 2. The van der Waals surface area contributed by atoms with Gasteiger partial charge in [-0.15, -0.1) is 23.1 Å². The molecule has 1 fully saturated rings.